The summed E-state index contributed by atoms with van der Waals surface area (Å²) in [6, 6.07) is 6.11. The second kappa shape index (κ2) is 7.07. The molecule has 0 aliphatic carbocycles. The van der Waals surface area contributed by atoms with Crippen LogP contribution in [0.2, 0.25) is 0 Å². The minimum Gasteiger partial charge on any atom is -0.481 e. The fourth-order valence-electron chi connectivity index (χ4n) is 2.91. The van der Waals surface area contributed by atoms with Gasteiger partial charge >= 0.3 is 5.97 Å². The first-order valence-electron chi connectivity index (χ1n) is 8.31. The number of aryl methyl sites for hydroxylation is 2. The van der Waals surface area contributed by atoms with Gasteiger partial charge in [0.05, 0.1) is 6.42 Å². The number of hydrogen-bond acceptors (Lipinski definition) is 2. The molecular weight excluding hydrogens is 304 g/mol. The van der Waals surface area contributed by atoms with E-state index in [1.165, 1.54) is 5.56 Å². The van der Waals surface area contributed by atoms with Gasteiger partial charge in [0.25, 0.3) is 0 Å². The lowest BCUT2D eigenvalue weighted by Crippen LogP contribution is -2.51. The van der Waals surface area contributed by atoms with Crippen molar-refractivity contribution in [3.8, 4) is 0 Å². The van der Waals surface area contributed by atoms with Gasteiger partial charge in [-0.1, -0.05) is 32.0 Å². The van der Waals surface area contributed by atoms with Gasteiger partial charge in [-0.05, 0) is 37.3 Å². The van der Waals surface area contributed by atoms with Crippen molar-refractivity contribution in [3.63, 3.8) is 0 Å². The summed E-state index contributed by atoms with van der Waals surface area (Å²) in [6.45, 7) is 7.69. The highest BCUT2D eigenvalue weighted by Crippen LogP contribution is 2.23. The predicted molar refractivity (Wildman–Crippen MR) is 95.0 cm³/mol. The zero-order valence-corrected chi connectivity index (χ0v) is 14.8. The maximum Gasteiger partial charge on any atom is 0.305 e. The molecule has 1 heterocycles. The van der Waals surface area contributed by atoms with Crippen molar-refractivity contribution in [1.82, 2.24) is 10.3 Å². The van der Waals surface area contributed by atoms with E-state index in [4.69, 9.17) is 5.11 Å². The van der Waals surface area contributed by atoms with Crippen LogP contribution in [0.3, 0.4) is 0 Å². The second-order valence-electron chi connectivity index (χ2n) is 7.00. The third-order valence-electron chi connectivity index (χ3n) is 4.85. The molecule has 0 aliphatic rings. The van der Waals surface area contributed by atoms with Crippen molar-refractivity contribution in [1.29, 1.82) is 0 Å². The van der Waals surface area contributed by atoms with E-state index in [1.807, 2.05) is 26.1 Å². The summed E-state index contributed by atoms with van der Waals surface area (Å²) >= 11 is 0. The number of fused-ring (bicyclic) bond motifs is 1. The van der Waals surface area contributed by atoms with Crippen LogP contribution in [0.1, 0.15) is 44.7 Å². The van der Waals surface area contributed by atoms with Crippen molar-refractivity contribution in [2.75, 3.05) is 0 Å². The molecule has 130 valence electrons. The van der Waals surface area contributed by atoms with E-state index in [1.54, 1.807) is 6.92 Å². The maximum absolute atomic E-state index is 12.3. The van der Waals surface area contributed by atoms with Gasteiger partial charge in [0.2, 0.25) is 5.91 Å². The summed E-state index contributed by atoms with van der Waals surface area (Å²) in [6.07, 6.45) is 2.83. The number of rotatable bonds is 7. The van der Waals surface area contributed by atoms with Crippen LogP contribution >= 0.6 is 0 Å². The number of carbonyl (C=O) groups is 2. The highest BCUT2D eigenvalue weighted by molar-refractivity contribution is 5.86. The van der Waals surface area contributed by atoms with Crippen LogP contribution in [0.15, 0.2) is 24.4 Å². The first-order valence-corrected chi connectivity index (χ1v) is 8.31. The van der Waals surface area contributed by atoms with E-state index >= 15 is 0 Å². The SMILES string of the molecule is Cc1cccc2c(CCC(=O)NC(C)(CC(=O)O)C(C)C)c[nH]c12. The molecule has 2 rings (SSSR count). The van der Waals surface area contributed by atoms with Gasteiger partial charge in [-0.2, -0.15) is 0 Å². The van der Waals surface area contributed by atoms with Gasteiger partial charge in [0, 0.05) is 29.1 Å². The first-order chi connectivity index (χ1) is 11.2. The van der Waals surface area contributed by atoms with Gasteiger partial charge in [0.15, 0.2) is 0 Å². The number of hydrogen-bond donors (Lipinski definition) is 3. The molecule has 5 heteroatoms. The lowest BCUT2D eigenvalue weighted by molar-refractivity contribution is -0.139. The van der Waals surface area contributed by atoms with Crippen molar-refractivity contribution in [2.45, 2.75) is 52.5 Å². The van der Waals surface area contributed by atoms with Crippen molar-refractivity contribution in [3.05, 3.63) is 35.5 Å². The van der Waals surface area contributed by atoms with E-state index in [2.05, 4.69) is 29.4 Å². The van der Waals surface area contributed by atoms with Gasteiger partial charge < -0.3 is 15.4 Å². The smallest absolute Gasteiger partial charge is 0.305 e. The molecule has 0 bridgehead atoms. The number of carboxylic acid groups (broad SMARTS) is 1. The van der Waals surface area contributed by atoms with Crippen molar-refractivity contribution >= 4 is 22.8 Å². The summed E-state index contributed by atoms with van der Waals surface area (Å²) in [4.78, 5) is 26.7. The number of carbonyl (C=O) groups excluding carboxylic acids is 1. The van der Waals surface area contributed by atoms with E-state index in [0.29, 0.717) is 12.8 Å². The monoisotopic (exact) mass is 330 g/mol. The molecule has 0 spiro atoms. The number of nitrogens with one attached hydrogen (secondary N) is 2. The van der Waals surface area contributed by atoms with E-state index < -0.39 is 11.5 Å². The standard InChI is InChI=1S/C19H26N2O3/c1-12(2)19(4,10-17(23)24)21-16(22)9-8-14-11-20-18-13(3)6-5-7-15(14)18/h5-7,11-12,20H,8-10H2,1-4H3,(H,21,22)(H,23,24). The normalized spacial score (nSPS) is 13.9. The Kier molecular flexibility index (Phi) is 5.32. The molecule has 0 aliphatic heterocycles. The molecule has 2 aromatic rings. The van der Waals surface area contributed by atoms with Crippen LogP contribution in [0.25, 0.3) is 10.9 Å². The summed E-state index contributed by atoms with van der Waals surface area (Å²) < 4.78 is 0. The fraction of sp³-hybridized carbons (Fsp3) is 0.474. The van der Waals surface area contributed by atoms with Crippen LogP contribution in [-0.4, -0.2) is 27.5 Å². The number of aliphatic carboxylic acids is 1. The molecule has 24 heavy (non-hydrogen) atoms. The lowest BCUT2D eigenvalue weighted by Gasteiger charge is -2.33. The van der Waals surface area contributed by atoms with Gasteiger partial charge in [-0.3, -0.25) is 9.59 Å². The molecule has 0 radical (unpaired) electrons. The molecular formula is C19H26N2O3. The van der Waals surface area contributed by atoms with Crippen molar-refractivity contribution in [2.24, 2.45) is 5.92 Å². The van der Waals surface area contributed by atoms with Crippen LogP contribution in [0.5, 0.6) is 0 Å². The predicted octanol–water partition coefficient (Wildman–Crippen LogP) is 3.41. The minimum absolute atomic E-state index is 0.0355. The quantitative estimate of drug-likeness (QED) is 0.727. The molecule has 0 saturated carbocycles. The molecule has 1 aromatic heterocycles. The van der Waals surface area contributed by atoms with Crippen LogP contribution in [-0.2, 0) is 16.0 Å². The summed E-state index contributed by atoms with van der Waals surface area (Å²) in [5, 5.41) is 13.1. The summed E-state index contributed by atoms with van der Waals surface area (Å²) in [5.41, 5.74) is 2.65. The van der Waals surface area contributed by atoms with Crippen molar-refractivity contribution < 1.29 is 14.7 Å². The maximum atomic E-state index is 12.3. The lowest BCUT2D eigenvalue weighted by atomic mass is 9.85. The largest absolute Gasteiger partial charge is 0.481 e. The number of aromatic amines is 1. The van der Waals surface area contributed by atoms with Gasteiger partial charge in [0.1, 0.15) is 0 Å². The number of benzene rings is 1. The minimum atomic E-state index is -0.904. The average molecular weight is 330 g/mol. The molecule has 0 fully saturated rings. The molecule has 3 N–H and O–H groups in total. The summed E-state index contributed by atoms with van der Waals surface area (Å²) in [5.74, 6) is -0.985. The highest BCUT2D eigenvalue weighted by Gasteiger charge is 2.32. The number of H-pyrrole nitrogens is 1. The topological polar surface area (TPSA) is 82.2 Å². The Labute approximate surface area is 142 Å². The molecule has 5 nitrogen and oxygen atoms in total. The average Bonchev–Trinajstić information content (AvgIpc) is 2.88. The zero-order valence-electron chi connectivity index (χ0n) is 14.8. The first kappa shape index (κ1) is 18.0. The van der Waals surface area contributed by atoms with E-state index in [9.17, 15) is 9.59 Å². The van der Waals surface area contributed by atoms with E-state index in [0.717, 1.165) is 16.5 Å². The highest BCUT2D eigenvalue weighted by atomic mass is 16.4. The Morgan fingerprint density at radius 2 is 2.04 bits per heavy atom. The number of carboxylic acids is 1. The van der Waals surface area contributed by atoms with Gasteiger partial charge in [-0.15, -0.1) is 0 Å². The molecule has 1 amide bonds. The van der Waals surface area contributed by atoms with E-state index in [-0.39, 0.29) is 18.2 Å². The van der Waals surface area contributed by atoms with Crippen LogP contribution in [0, 0.1) is 12.8 Å². The Morgan fingerprint density at radius 1 is 1.33 bits per heavy atom. The Balaban J connectivity index is 2.04. The molecule has 1 atom stereocenters. The summed E-state index contributed by atoms with van der Waals surface area (Å²) in [7, 11) is 0. The fourth-order valence-corrected chi connectivity index (χ4v) is 2.91. The molecule has 0 saturated heterocycles. The molecule has 1 aromatic carbocycles. The van der Waals surface area contributed by atoms with Crippen LogP contribution < -0.4 is 5.32 Å². The van der Waals surface area contributed by atoms with Gasteiger partial charge in [-0.25, -0.2) is 0 Å². The Hall–Kier alpha value is -2.30. The number of amides is 1. The second-order valence-corrected chi connectivity index (χ2v) is 7.00. The zero-order chi connectivity index (χ0) is 17.9. The third-order valence-corrected chi connectivity index (χ3v) is 4.85. The molecule has 1 unspecified atom stereocenters. The van der Waals surface area contributed by atoms with Crippen LogP contribution in [0.4, 0.5) is 0 Å². The number of aromatic nitrogens is 1. The Bertz CT molecular complexity index is 748. The Morgan fingerprint density at radius 3 is 2.67 bits per heavy atom. The number of para-hydroxylation sites is 1. The third kappa shape index (κ3) is 3.96.